The molecule has 0 bridgehead atoms. The Kier molecular flexibility index (Phi) is 6.63. The molecule has 7 nitrogen and oxygen atoms in total. The number of H-pyrrole nitrogens is 1. The molecule has 27 heavy (non-hydrogen) atoms. The van der Waals surface area contributed by atoms with Crippen LogP contribution in [0.3, 0.4) is 0 Å². The number of hydrogen-bond donors (Lipinski definition) is 1. The molecule has 0 saturated carbocycles. The molecule has 0 aliphatic rings. The highest BCUT2D eigenvalue weighted by atomic mass is 35.5. The molecule has 0 aliphatic carbocycles. The topological polar surface area (TPSA) is 94.7 Å². The van der Waals surface area contributed by atoms with Crippen molar-refractivity contribution < 1.29 is 28.6 Å². The first-order valence-electron chi connectivity index (χ1n) is 8.20. The van der Waals surface area contributed by atoms with Gasteiger partial charge in [0.2, 0.25) is 0 Å². The molecule has 0 unspecified atom stereocenters. The van der Waals surface area contributed by atoms with Gasteiger partial charge in [-0.1, -0.05) is 11.6 Å². The van der Waals surface area contributed by atoms with E-state index in [0.717, 1.165) is 0 Å². The van der Waals surface area contributed by atoms with E-state index in [9.17, 15) is 14.4 Å². The quantitative estimate of drug-likeness (QED) is 0.571. The number of hydrogen-bond acceptors (Lipinski definition) is 6. The summed E-state index contributed by atoms with van der Waals surface area (Å²) in [4.78, 5) is 39.3. The van der Waals surface area contributed by atoms with Gasteiger partial charge in [0.1, 0.15) is 11.4 Å². The molecule has 0 aliphatic heterocycles. The number of esters is 2. The molecule has 1 heterocycles. The number of aromatic nitrogens is 1. The van der Waals surface area contributed by atoms with E-state index in [0.29, 0.717) is 22.6 Å². The van der Waals surface area contributed by atoms with Gasteiger partial charge in [0.25, 0.3) is 0 Å². The average molecular weight is 394 g/mol. The molecule has 0 saturated heterocycles. The highest BCUT2D eigenvalue weighted by molar-refractivity contribution is 6.32. The second-order valence-corrected chi connectivity index (χ2v) is 6.10. The lowest BCUT2D eigenvalue weighted by atomic mass is 10.1. The number of methoxy groups -OCH3 is 1. The van der Waals surface area contributed by atoms with Gasteiger partial charge in [-0.3, -0.25) is 4.79 Å². The van der Waals surface area contributed by atoms with Gasteiger partial charge in [0.15, 0.2) is 12.4 Å². The van der Waals surface area contributed by atoms with E-state index in [4.69, 9.17) is 25.8 Å². The number of nitrogens with one attached hydrogen (secondary N) is 1. The van der Waals surface area contributed by atoms with Gasteiger partial charge in [-0.05, 0) is 44.5 Å². The molecule has 0 atom stereocenters. The summed E-state index contributed by atoms with van der Waals surface area (Å²) < 4.78 is 15.1. The molecule has 8 heteroatoms. The lowest BCUT2D eigenvalue weighted by Crippen LogP contribution is -2.15. The number of aryl methyl sites for hydroxylation is 1. The molecule has 0 fully saturated rings. The Bertz CT molecular complexity index is 887. The number of rotatable bonds is 7. The fraction of sp³-hybridized carbons (Fsp3) is 0.316. The summed E-state index contributed by atoms with van der Waals surface area (Å²) in [5.41, 5.74) is 1.59. The maximum absolute atomic E-state index is 12.3. The molecule has 1 N–H and O–H groups in total. The van der Waals surface area contributed by atoms with Crippen LogP contribution >= 0.6 is 11.6 Å². The Morgan fingerprint density at radius 2 is 1.81 bits per heavy atom. The van der Waals surface area contributed by atoms with Crippen LogP contribution in [0.1, 0.15) is 49.4 Å². The maximum atomic E-state index is 12.3. The number of carbonyl (C=O) groups is 3. The van der Waals surface area contributed by atoms with E-state index in [2.05, 4.69) is 4.98 Å². The van der Waals surface area contributed by atoms with Crippen LogP contribution in [0.25, 0.3) is 0 Å². The van der Waals surface area contributed by atoms with Crippen LogP contribution < -0.4 is 4.74 Å². The summed E-state index contributed by atoms with van der Waals surface area (Å²) in [5.74, 6) is -1.24. The number of ketones is 1. The van der Waals surface area contributed by atoms with Crippen LogP contribution in [0.2, 0.25) is 5.02 Å². The summed E-state index contributed by atoms with van der Waals surface area (Å²) in [6.07, 6.45) is 0. The molecule has 0 radical (unpaired) electrons. The highest BCUT2D eigenvalue weighted by Crippen LogP contribution is 2.25. The standard InChI is InChI=1S/C19H20ClNO6/c1-5-26-18(23)16-10(2)17(21-11(16)3)19(24)27-9-14(22)12-6-7-15(25-4)13(20)8-12/h6-8,21H,5,9H2,1-4H3. The first-order chi connectivity index (χ1) is 12.8. The monoisotopic (exact) mass is 393 g/mol. The van der Waals surface area contributed by atoms with Crippen molar-refractivity contribution in [3.05, 3.63) is 51.3 Å². The largest absolute Gasteiger partial charge is 0.495 e. The Labute approximate surface area is 161 Å². The van der Waals surface area contributed by atoms with Crippen LogP contribution in [-0.2, 0) is 9.47 Å². The summed E-state index contributed by atoms with van der Waals surface area (Å²) in [7, 11) is 1.47. The maximum Gasteiger partial charge on any atom is 0.355 e. The third kappa shape index (κ3) is 4.49. The molecule has 2 aromatic rings. The molecule has 1 aromatic heterocycles. The summed E-state index contributed by atoms with van der Waals surface area (Å²) in [6, 6.07) is 4.53. The lowest BCUT2D eigenvalue weighted by Gasteiger charge is -2.07. The Balaban J connectivity index is 2.10. The predicted octanol–water partition coefficient (Wildman–Crippen LogP) is 3.51. The van der Waals surface area contributed by atoms with Crippen molar-refractivity contribution in [1.29, 1.82) is 0 Å². The third-order valence-electron chi connectivity index (χ3n) is 3.93. The fourth-order valence-electron chi connectivity index (χ4n) is 2.59. The number of benzene rings is 1. The van der Waals surface area contributed by atoms with E-state index < -0.39 is 24.3 Å². The normalized spacial score (nSPS) is 10.4. The van der Waals surface area contributed by atoms with Crippen LogP contribution in [0.4, 0.5) is 0 Å². The zero-order chi connectivity index (χ0) is 20.1. The minimum absolute atomic E-state index is 0.108. The summed E-state index contributed by atoms with van der Waals surface area (Å²) in [6.45, 7) is 4.72. The van der Waals surface area contributed by atoms with E-state index in [1.807, 2.05) is 0 Å². The lowest BCUT2D eigenvalue weighted by molar-refractivity contribution is 0.0468. The van der Waals surface area contributed by atoms with Crippen molar-refractivity contribution in [2.24, 2.45) is 0 Å². The second kappa shape index (κ2) is 8.73. The SMILES string of the molecule is CCOC(=O)c1c(C)[nH]c(C(=O)OCC(=O)c2ccc(OC)c(Cl)c2)c1C. The predicted molar refractivity (Wildman–Crippen MR) is 98.8 cm³/mol. The van der Waals surface area contributed by atoms with Crippen molar-refractivity contribution in [1.82, 2.24) is 4.98 Å². The van der Waals surface area contributed by atoms with E-state index in [1.165, 1.54) is 19.2 Å². The number of aromatic amines is 1. The van der Waals surface area contributed by atoms with Crippen LogP contribution in [0.15, 0.2) is 18.2 Å². The number of carbonyl (C=O) groups excluding carboxylic acids is 3. The molecule has 0 spiro atoms. The van der Waals surface area contributed by atoms with Crippen molar-refractivity contribution in [2.75, 3.05) is 20.3 Å². The van der Waals surface area contributed by atoms with E-state index in [1.54, 1.807) is 26.8 Å². The first kappa shape index (κ1) is 20.5. The number of ether oxygens (including phenoxy) is 3. The van der Waals surface area contributed by atoms with Crippen molar-refractivity contribution >= 4 is 29.3 Å². The Morgan fingerprint density at radius 3 is 2.41 bits per heavy atom. The minimum atomic E-state index is -0.737. The van der Waals surface area contributed by atoms with Gasteiger partial charge in [0.05, 0.1) is 24.3 Å². The van der Waals surface area contributed by atoms with Crippen LogP contribution in [0.5, 0.6) is 5.75 Å². The molecular weight excluding hydrogens is 374 g/mol. The second-order valence-electron chi connectivity index (χ2n) is 5.69. The van der Waals surface area contributed by atoms with Gasteiger partial charge in [0, 0.05) is 11.3 Å². The van der Waals surface area contributed by atoms with Gasteiger partial charge in [-0.2, -0.15) is 0 Å². The third-order valence-corrected chi connectivity index (χ3v) is 4.22. The summed E-state index contributed by atoms with van der Waals surface area (Å²) in [5, 5.41) is 0.282. The molecule has 2 rings (SSSR count). The van der Waals surface area contributed by atoms with Crippen LogP contribution in [0, 0.1) is 13.8 Å². The molecule has 144 valence electrons. The van der Waals surface area contributed by atoms with Crippen molar-refractivity contribution in [2.45, 2.75) is 20.8 Å². The Morgan fingerprint density at radius 1 is 1.11 bits per heavy atom. The van der Waals surface area contributed by atoms with E-state index >= 15 is 0 Å². The number of halogens is 1. The van der Waals surface area contributed by atoms with Gasteiger partial charge >= 0.3 is 11.9 Å². The van der Waals surface area contributed by atoms with Crippen LogP contribution in [-0.4, -0.2) is 43.0 Å². The highest BCUT2D eigenvalue weighted by Gasteiger charge is 2.24. The minimum Gasteiger partial charge on any atom is -0.495 e. The van der Waals surface area contributed by atoms with Gasteiger partial charge in [-0.15, -0.1) is 0 Å². The van der Waals surface area contributed by atoms with E-state index in [-0.39, 0.29) is 22.9 Å². The smallest absolute Gasteiger partial charge is 0.355 e. The zero-order valence-corrected chi connectivity index (χ0v) is 16.2. The molecule has 0 amide bonds. The Hall–Kier alpha value is -2.80. The average Bonchev–Trinajstić information content (AvgIpc) is 2.93. The van der Waals surface area contributed by atoms with Crippen molar-refractivity contribution in [3.63, 3.8) is 0 Å². The fourth-order valence-corrected chi connectivity index (χ4v) is 2.85. The summed E-state index contributed by atoms with van der Waals surface area (Å²) >= 11 is 5.99. The molecule has 1 aromatic carbocycles. The van der Waals surface area contributed by atoms with Crippen molar-refractivity contribution in [3.8, 4) is 5.75 Å². The molecular formula is C19H20ClNO6. The zero-order valence-electron chi connectivity index (χ0n) is 15.5. The first-order valence-corrected chi connectivity index (χ1v) is 8.58. The number of Topliss-reactive ketones (excluding diaryl/α,β-unsaturated/α-hetero) is 1. The van der Waals surface area contributed by atoms with Gasteiger partial charge < -0.3 is 19.2 Å². The van der Waals surface area contributed by atoms with Gasteiger partial charge in [-0.25, -0.2) is 9.59 Å².